The molecule has 1 aliphatic rings. The van der Waals surface area contributed by atoms with Gasteiger partial charge in [0.2, 0.25) is 0 Å². The Kier molecular flexibility index (Phi) is 4.40. The van der Waals surface area contributed by atoms with Gasteiger partial charge in [-0.2, -0.15) is 0 Å². The van der Waals surface area contributed by atoms with Crippen molar-refractivity contribution in [1.82, 2.24) is 0 Å². The van der Waals surface area contributed by atoms with Gasteiger partial charge in [0.1, 0.15) is 4.88 Å². The molecule has 0 saturated heterocycles. The zero-order chi connectivity index (χ0) is 18.4. The summed E-state index contributed by atoms with van der Waals surface area (Å²) in [7, 11) is 0. The maximum atomic E-state index is 11.1. The van der Waals surface area contributed by atoms with E-state index in [1.807, 2.05) is 13.0 Å². The van der Waals surface area contributed by atoms with Crippen molar-refractivity contribution in [3.05, 3.63) is 56.8 Å². The maximum Gasteiger partial charge on any atom is 0.345 e. The van der Waals surface area contributed by atoms with E-state index in [-0.39, 0.29) is 10.8 Å². The average molecular weight is 355 g/mol. The van der Waals surface area contributed by atoms with Gasteiger partial charge in [-0.3, -0.25) is 0 Å². The third-order valence-corrected chi connectivity index (χ3v) is 6.67. The maximum absolute atomic E-state index is 11.1. The number of allylic oxidation sites excluding steroid dienone is 1. The monoisotopic (exact) mass is 354 g/mol. The minimum absolute atomic E-state index is 0.196. The van der Waals surface area contributed by atoms with E-state index in [1.54, 1.807) is 6.07 Å². The van der Waals surface area contributed by atoms with Gasteiger partial charge in [-0.15, -0.1) is 11.3 Å². The molecular formula is C22H26O2S. The second-order valence-electron chi connectivity index (χ2n) is 8.37. The van der Waals surface area contributed by atoms with Gasteiger partial charge in [-0.05, 0) is 65.0 Å². The number of benzene rings is 1. The zero-order valence-corrected chi connectivity index (χ0v) is 16.5. The number of carboxylic acids is 1. The number of hydrogen-bond donors (Lipinski definition) is 1. The van der Waals surface area contributed by atoms with Crippen LogP contribution in [0.3, 0.4) is 0 Å². The average Bonchev–Trinajstić information content (AvgIpc) is 3.02. The Hall–Kier alpha value is -1.87. The van der Waals surface area contributed by atoms with Crippen LogP contribution in [0.4, 0.5) is 0 Å². The molecule has 1 aromatic heterocycles. The van der Waals surface area contributed by atoms with Crippen molar-refractivity contribution in [2.45, 2.75) is 58.3 Å². The molecule has 3 rings (SSSR count). The van der Waals surface area contributed by atoms with Crippen molar-refractivity contribution in [1.29, 1.82) is 0 Å². The number of carboxylic acid groups (broad SMARTS) is 1. The molecule has 0 atom stereocenters. The van der Waals surface area contributed by atoms with E-state index in [0.717, 1.165) is 10.5 Å². The second kappa shape index (κ2) is 6.14. The lowest BCUT2D eigenvalue weighted by Gasteiger charge is -2.42. The lowest BCUT2D eigenvalue weighted by molar-refractivity contribution is 0.0702. The fraction of sp³-hybridized carbons (Fsp3) is 0.409. The van der Waals surface area contributed by atoms with E-state index in [2.05, 4.69) is 52.0 Å². The summed E-state index contributed by atoms with van der Waals surface area (Å²) in [5, 5.41) is 9.10. The Morgan fingerprint density at radius 3 is 2.20 bits per heavy atom. The fourth-order valence-electron chi connectivity index (χ4n) is 3.68. The Labute approximate surface area is 154 Å². The summed E-state index contributed by atoms with van der Waals surface area (Å²) in [6.45, 7) is 11.4. The van der Waals surface area contributed by atoms with E-state index < -0.39 is 5.97 Å². The first kappa shape index (κ1) is 17.9. The van der Waals surface area contributed by atoms with Crippen LogP contribution in [0.15, 0.2) is 30.3 Å². The third kappa shape index (κ3) is 3.43. The van der Waals surface area contributed by atoms with E-state index in [9.17, 15) is 4.79 Å². The van der Waals surface area contributed by atoms with Crippen LogP contribution in [-0.4, -0.2) is 11.1 Å². The number of fused-ring (bicyclic) bond motifs is 1. The molecule has 3 heteroatoms. The van der Waals surface area contributed by atoms with Crippen molar-refractivity contribution in [3.63, 3.8) is 0 Å². The zero-order valence-electron chi connectivity index (χ0n) is 15.6. The molecule has 0 unspecified atom stereocenters. The Bertz CT molecular complexity index is 853. The number of thiophene rings is 1. The van der Waals surface area contributed by atoms with Gasteiger partial charge < -0.3 is 5.11 Å². The highest BCUT2D eigenvalue weighted by Crippen LogP contribution is 2.46. The van der Waals surface area contributed by atoms with Gasteiger partial charge in [-0.25, -0.2) is 4.79 Å². The molecule has 0 aliphatic heterocycles. The van der Waals surface area contributed by atoms with Crippen molar-refractivity contribution in [2.24, 2.45) is 0 Å². The highest BCUT2D eigenvalue weighted by atomic mass is 32.1. The number of aromatic carboxylic acids is 1. The predicted octanol–water partition coefficient (Wildman–Crippen LogP) is 6.36. The standard InChI is InChI=1S/C22H26O2S/c1-14(18-8-9-19(25-18)20(23)24)12-15-6-7-16-17(13-15)22(4,5)11-10-21(16,2)3/h6-9,12-13H,10-11H2,1-5H3,(H,23,24)/b14-12-. The summed E-state index contributed by atoms with van der Waals surface area (Å²) in [5.74, 6) is -0.859. The van der Waals surface area contributed by atoms with Gasteiger partial charge in [0, 0.05) is 4.88 Å². The largest absolute Gasteiger partial charge is 0.477 e. The molecule has 0 bridgehead atoms. The fourth-order valence-corrected chi connectivity index (χ4v) is 4.50. The van der Waals surface area contributed by atoms with Crippen LogP contribution in [0, 0.1) is 0 Å². The molecule has 1 aromatic carbocycles. The molecule has 0 radical (unpaired) electrons. The lowest BCUT2D eigenvalue weighted by atomic mass is 9.63. The molecule has 2 nitrogen and oxygen atoms in total. The van der Waals surface area contributed by atoms with E-state index in [1.165, 1.54) is 40.9 Å². The quantitative estimate of drug-likeness (QED) is 0.696. The van der Waals surface area contributed by atoms with Crippen LogP contribution < -0.4 is 0 Å². The first-order valence-electron chi connectivity index (χ1n) is 8.77. The molecule has 0 amide bonds. The smallest absolute Gasteiger partial charge is 0.345 e. The first-order valence-corrected chi connectivity index (χ1v) is 9.59. The summed E-state index contributed by atoms with van der Waals surface area (Å²) in [4.78, 5) is 12.5. The molecule has 0 spiro atoms. The molecule has 1 heterocycles. The van der Waals surface area contributed by atoms with Gasteiger partial charge >= 0.3 is 5.97 Å². The van der Waals surface area contributed by atoms with E-state index >= 15 is 0 Å². The van der Waals surface area contributed by atoms with E-state index in [4.69, 9.17) is 5.11 Å². The molecule has 132 valence electrons. The number of hydrogen-bond acceptors (Lipinski definition) is 2. The molecule has 0 saturated carbocycles. The van der Waals surface area contributed by atoms with Crippen molar-refractivity contribution in [3.8, 4) is 0 Å². The van der Waals surface area contributed by atoms with Gasteiger partial charge in [-0.1, -0.05) is 52.0 Å². The summed E-state index contributed by atoms with van der Waals surface area (Å²) < 4.78 is 0. The first-order chi connectivity index (χ1) is 11.6. The summed E-state index contributed by atoms with van der Waals surface area (Å²) in [6, 6.07) is 10.4. The highest BCUT2D eigenvalue weighted by Gasteiger charge is 2.36. The molecule has 0 fully saturated rings. The van der Waals surface area contributed by atoms with E-state index in [0.29, 0.717) is 4.88 Å². The van der Waals surface area contributed by atoms with Crippen LogP contribution in [0.1, 0.15) is 78.7 Å². The topological polar surface area (TPSA) is 37.3 Å². The molecule has 1 N–H and O–H groups in total. The van der Waals surface area contributed by atoms with Gasteiger partial charge in [0.25, 0.3) is 0 Å². The summed E-state index contributed by atoms with van der Waals surface area (Å²) in [5.41, 5.74) is 5.62. The number of carbonyl (C=O) groups is 1. The van der Waals surface area contributed by atoms with Gasteiger partial charge in [0.05, 0.1) is 0 Å². The third-order valence-electron chi connectivity index (χ3n) is 5.47. The molecular weight excluding hydrogens is 328 g/mol. The van der Waals surface area contributed by atoms with Gasteiger partial charge in [0.15, 0.2) is 0 Å². The van der Waals surface area contributed by atoms with Crippen LogP contribution in [0.5, 0.6) is 0 Å². The summed E-state index contributed by atoms with van der Waals surface area (Å²) >= 11 is 1.33. The van der Waals surface area contributed by atoms with Crippen molar-refractivity contribution < 1.29 is 9.90 Å². The van der Waals surface area contributed by atoms with Crippen molar-refractivity contribution >= 4 is 29.0 Å². The van der Waals surface area contributed by atoms with Crippen LogP contribution >= 0.6 is 11.3 Å². The van der Waals surface area contributed by atoms with Crippen LogP contribution in [-0.2, 0) is 10.8 Å². The highest BCUT2D eigenvalue weighted by molar-refractivity contribution is 7.15. The number of rotatable bonds is 3. The molecule has 2 aromatic rings. The minimum atomic E-state index is -0.859. The van der Waals surface area contributed by atoms with Crippen LogP contribution in [0.2, 0.25) is 0 Å². The lowest BCUT2D eigenvalue weighted by Crippen LogP contribution is -2.33. The molecule has 1 aliphatic carbocycles. The van der Waals surface area contributed by atoms with Crippen LogP contribution in [0.25, 0.3) is 11.6 Å². The minimum Gasteiger partial charge on any atom is -0.477 e. The Morgan fingerprint density at radius 2 is 1.60 bits per heavy atom. The molecule has 25 heavy (non-hydrogen) atoms. The second-order valence-corrected chi connectivity index (χ2v) is 9.45. The van der Waals surface area contributed by atoms with Crippen molar-refractivity contribution in [2.75, 3.05) is 0 Å². The SMILES string of the molecule is C/C(=C/c1ccc2c(c1)C(C)(C)CCC2(C)C)c1ccc(C(=O)O)s1. The summed E-state index contributed by atoms with van der Waals surface area (Å²) in [6.07, 6.45) is 4.58. The Morgan fingerprint density at radius 1 is 1.00 bits per heavy atom. The predicted molar refractivity (Wildman–Crippen MR) is 107 cm³/mol. The normalized spacial score (nSPS) is 18.7. The Balaban J connectivity index is 2.00.